The number of rotatable bonds is 6. The molecule has 0 aliphatic carbocycles. The molecular weight excluding hydrogens is 507 g/mol. The molecule has 176 valence electrons. The third-order valence-corrected chi connectivity index (χ3v) is 6.22. The predicted octanol–water partition coefficient (Wildman–Crippen LogP) is 2.20. The van der Waals surface area contributed by atoms with E-state index >= 15 is 0 Å². The first kappa shape index (κ1) is 25.9. The van der Waals surface area contributed by atoms with Gasteiger partial charge in [0.15, 0.2) is 5.96 Å². The number of morpholine rings is 1. The van der Waals surface area contributed by atoms with Crippen molar-refractivity contribution in [3.63, 3.8) is 0 Å². The standard InChI is InChI=1S/C22H38N6O2.HI/c1-5-19-18(20(6-2)26(4)25-19)16-24-22(23-7-3)28-10-8-17(9-11-28)21(29)27-12-14-30-15-13-27;/h17H,5-16H2,1-4H3,(H,23,24);1H. The zero-order valence-corrected chi connectivity index (χ0v) is 21.9. The molecule has 31 heavy (non-hydrogen) atoms. The molecule has 3 rings (SSSR count). The van der Waals surface area contributed by atoms with Crippen molar-refractivity contribution in [2.75, 3.05) is 45.9 Å². The van der Waals surface area contributed by atoms with Crippen molar-refractivity contribution < 1.29 is 9.53 Å². The summed E-state index contributed by atoms with van der Waals surface area (Å²) in [7, 11) is 2.02. The number of aliphatic imine (C=N–C) groups is 1. The maximum Gasteiger partial charge on any atom is 0.225 e. The van der Waals surface area contributed by atoms with Crippen molar-refractivity contribution in [3.05, 3.63) is 17.0 Å². The van der Waals surface area contributed by atoms with E-state index in [0.717, 1.165) is 70.1 Å². The molecule has 0 aromatic carbocycles. The number of hydrogen-bond acceptors (Lipinski definition) is 4. The minimum absolute atomic E-state index is 0. The molecule has 2 aliphatic heterocycles. The third-order valence-electron chi connectivity index (χ3n) is 6.22. The summed E-state index contributed by atoms with van der Waals surface area (Å²) in [6.07, 6.45) is 3.64. The Balaban J connectivity index is 0.00000341. The van der Waals surface area contributed by atoms with Crippen LogP contribution in [-0.4, -0.2) is 77.4 Å². The minimum Gasteiger partial charge on any atom is -0.378 e. The van der Waals surface area contributed by atoms with Gasteiger partial charge in [-0.25, -0.2) is 4.99 Å². The van der Waals surface area contributed by atoms with Crippen LogP contribution in [0.4, 0.5) is 0 Å². The molecular formula is C22H39IN6O2. The molecule has 8 nitrogen and oxygen atoms in total. The Kier molecular flexibility index (Phi) is 10.5. The fourth-order valence-electron chi connectivity index (χ4n) is 4.53. The van der Waals surface area contributed by atoms with E-state index in [-0.39, 0.29) is 29.9 Å². The van der Waals surface area contributed by atoms with Crippen LogP contribution in [0.1, 0.15) is 50.6 Å². The number of guanidine groups is 1. The first-order valence-corrected chi connectivity index (χ1v) is 11.5. The van der Waals surface area contributed by atoms with E-state index in [1.165, 1.54) is 11.3 Å². The van der Waals surface area contributed by atoms with Crippen molar-refractivity contribution in [1.82, 2.24) is 24.9 Å². The van der Waals surface area contributed by atoms with Gasteiger partial charge in [0.25, 0.3) is 0 Å². The smallest absolute Gasteiger partial charge is 0.225 e. The second-order valence-electron chi connectivity index (χ2n) is 8.07. The second kappa shape index (κ2) is 12.6. The summed E-state index contributed by atoms with van der Waals surface area (Å²) >= 11 is 0. The number of likely N-dealkylation sites (tertiary alicyclic amines) is 1. The summed E-state index contributed by atoms with van der Waals surface area (Å²) < 4.78 is 7.38. The second-order valence-corrected chi connectivity index (χ2v) is 8.07. The van der Waals surface area contributed by atoms with E-state index in [1.54, 1.807) is 0 Å². The Bertz CT molecular complexity index is 737. The number of nitrogens with zero attached hydrogens (tertiary/aromatic N) is 5. The zero-order chi connectivity index (χ0) is 21.5. The molecule has 0 unspecified atom stereocenters. The molecule has 1 aromatic heterocycles. The lowest BCUT2D eigenvalue weighted by Crippen LogP contribution is -2.50. The zero-order valence-electron chi connectivity index (χ0n) is 19.5. The van der Waals surface area contributed by atoms with Crippen LogP contribution >= 0.6 is 24.0 Å². The number of aromatic nitrogens is 2. The van der Waals surface area contributed by atoms with Gasteiger partial charge in [-0.1, -0.05) is 13.8 Å². The largest absolute Gasteiger partial charge is 0.378 e. The van der Waals surface area contributed by atoms with Gasteiger partial charge in [-0.3, -0.25) is 9.48 Å². The van der Waals surface area contributed by atoms with Crippen LogP contribution in [0.5, 0.6) is 0 Å². The maximum absolute atomic E-state index is 12.8. The summed E-state index contributed by atoms with van der Waals surface area (Å²) in [6, 6.07) is 0. The fraction of sp³-hybridized carbons (Fsp3) is 0.773. The van der Waals surface area contributed by atoms with Gasteiger partial charge in [-0.15, -0.1) is 24.0 Å². The van der Waals surface area contributed by atoms with Crippen molar-refractivity contribution >= 4 is 35.8 Å². The van der Waals surface area contributed by atoms with E-state index in [1.807, 2.05) is 16.6 Å². The first-order chi connectivity index (χ1) is 14.6. The number of halogens is 1. The quantitative estimate of drug-likeness (QED) is 0.337. The fourth-order valence-corrected chi connectivity index (χ4v) is 4.53. The van der Waals surface area contributed by atoms with Crippen LogP contribution in [0, 0.1) is 5.92 Å². The van der Waals surface area contributed by atoms with Gasteiger partial charge in [-0.05, 0) is 32.6 Å². The molecule has 9 heteroatoms. The van der Waals surface area contributed by atoms with E-state index in [4.69, 9.17) is 9.73 Å². The molecule has 1 N–H and O–H groups in total. The molecule has 0 bridgehead atoms. The lowest BCUT2D eigenvalue weighted by atomic mass is 9.95. The molecule has 0 atom stereocenters. The average Bonchev–Trinajstić information content (AvgIpc) is 3.11. The van der Waals surface area contributed by atoms with Gasteiger partial charge < -0.3 is 19.9 Å². The van der Waals surface area contributed by atoms with Crippen molar-refractivity contribution in [3.8, 4) is 0 Å². The van der Waals surface area contributed by atoms with Crippen molar-refractivity contribution in [1.29, 1.82) is 0 Å². The minimum atomic E-state index is 0. The average molecular weight is 546 g/mol. The SMILES string of the molecule is CCNC(=NCc1c(CC)nn(C)c1CC)N1CCC(C(=O)N2CCOCC2)CC1.I. The summed E-state index contributed by atoms with van der Waals surface area (Å²) in [6.45, 7) is 12.4. The maximum atomic E-state index is 12.8. The highest BCUT2D eigenvalue weighted by molar-refractivity contribution is 14.0. The molecule has 1 amide bonds. The highest BCUT2D eigenvalue weighted by atomic mass is 127. The summed E-state index contributed by atoms with van der Waals surface area (Å²) in [5.41, 5.74) is 3.67. The van der Waals surface area contributed by atoms with Crippen molar-refractivity contribution in [2.45, 2.75) is 53.0 Å². The number of nitrogens with one attached hydrogen (secondary N) is 1. The van der Waals surface area contributed by atoms with Crippen LogP contribution in [0.2, 0.25) is 0 Å². The normalized spacial score (nSPS) is 18.1. The monoisotopic (exact) mass is 546 g/mol. The van der Waals surface area contributed by atoms with Crippen LogP contribution in [0.25, 0.3) is 0 Å². The van der Waals surface area contributed by atoms with Crippen LogP contribution < -0.4 is 5.32 Å². The van der Waals surface area contributed by atoms with Crippen molar-refractivity contribution in [2.24, 2.45) is 18.0 Å². The van der Waals surface area contributed by atoms with Gasteiger partial charge in [-0.2, -0.15) is 5.10 Å². The topological polar surface area (TPSA) is 75.0 Å². The summed E-state index contributed by atoms with van der Waals surface area (Å²) in [5.74, 6) is 1.37. The molecule has 2 aliphatic rings. The molecule has 2 saturated heterocycles. The summed E-state index contributed by atoms with van der Waals surface area (Å²) in [5, 5.41) is 8.12. The van der Waals surface area contributed by atoms with E-state index in [9.17, 15) is 4.79 Å². The Morgan fingerprint density at radius 3 is 2.35 bits per heavy atom. The van der Waals surface area contributed by atoms with E-state index in [2.05, 4.69) is 36.1 Å². The number of carbonyl (C=O) groups excluding carboxylic acids is 1. The Hall–Kier alpha value is -1.36. The number of aryl methyl sites for hydroxylation is 2. The molecule has 3 heterocycles. The first-order valence-electron chi connectivity index (χ1n) is 11.5. The highest BCUT2D eigenvalue weighted by Gasteiger charge is 2.30. The Labute approximate surface area is 203 Å². The molecule has 0 spiro atoms. The molecule has 0 saturated carbocycles. The van der Waals surface area contributed by atoms with E-state index < -0.39 is 0 Å². The molecule has 2 fully saturated rings. The number of ether oxygens (including phenoxy) is 1. The number of hydrogen-bond donors (Lipinski definition) is 1. The van der Waals surface area contributed by atoms with E-state index in [0.29, 0.717) is 25.7 Å². The Morgan fingerprint density at radius 1 is 1.10 bits per heavy atom. The van der Waals surface area contributed by atoms with Crippen LogP contribution in [0.15, 0.2) is 4.99 Å². The third kappa shape index (κ3) is 6.34. The van der Waals surface area contributed by atoms with Gasteiger partial charge >= 0.3 is 0 Å². The predicted molar refractivity (Wildman–Crippen MR) is 134 cm³/mol. The number of carbonyl (C=O) groups is 1. The van der Waals surface area contributed by atoms with Crippen LogP contribution in [0.3, 0.4) is 0 Å². The van der Waals surface area contributed by atoms with Gasteiger partial charge in [0.1, 0.15) is 0 Å². The lowest BCUT2D eigenvalue weighted by Gasteiger charge is -2.36. The lowest BCUT2D eigenvalue weighted by molar-refractivity contribution is -0.140. The van der Waals surface area contributed by atoms with Crippen LogP contribution in [-0.2, 0) is 36.0 Å². The number of piperidine rings is 1. The molecule has 0 radical (unpaired) electrons. The number of amides is 1. The highest BCUT2D eigenvalue weighted by Crippen LogP contribution is 2.21. The van der Waals surface area contributed by atoms with Gasteiger partial charge in [0.05, 0.1) is 25.5 Å². The summed E-state index contributed by atoms with van der Waals surface area (Å²) in [4.78, 5) is 22.1. The van der Waals surface area contributed by atoms with Gasteiger partial charge in [0, 0.05) is 56.9 Å². The molecule has 1 aromatic rings. The van der Waals surface area contributed by atoms with Gasteiger partial charge in [0.2, 0.25) is 5.91 Å². The Morgan fingerprint density at radius 2 is 1.77 bits per heavy atom.